The fourth-order valence-electron chi connectivity index (χ4n) is 0.878. The summed E-state index contributed by atoms with van der Waals surface area (Å²) in [7, 11) is 0. The third-order valence-corrected chi connectivity index (χ3v) is 2.08. The number of amides is 1. The third kappa shape index (κ3) is 2.88. The molecule has 1 amide bonds. The molecule has 70 valence electrons. The van der Waals surface area contributed by atoms with E-state index < -0.39 is 5.91 Å². The first kappa shape index (κ1) is 10.3. The lowest BCUT2D eigenvalue weighted by Crippen LogP contribution is -2.20. The van der Waals surface area contributed by atoms with E-state index in [9.17, 15) is 4.79 Å². The molecule has 0 aliphatic heterocycles. The quantitative estimate of drug-likeness (QED) is 0.591. The molecule has 0 saturated carbocycles. The zero-order chi connectivity index (χ0) is 9.84. The van der Waals surface area contributed by atoms with E-state index in [2.05, 4.69) is 0 Å². The number of carbonyl (C=O) groups is 1. The number of benzene rings is 1. The van der Waals surface area contributed by atoms with Gasteiger partial charge in [-0.15, -0.1) is 0 Å². The molecule has 0 bridgehead atoms. The molecule has 5 heteroatoms. The minimum absolute atomic E-state index is 0.0342. The summed E-state index contributed by atoms with van der Waals surface area (Å²) in [5.74, 6) is -0.510. The Labute approximate surface area is 85.2 Å². The minimum atomic E-state index is -0.510. The highest BCUT2D eigenvalue weighted by atomic mass is 35.5. The van der Waals surface area contributed by atoms with Gasteiger partial charge < -0.3 is 0 Å². The molecule has 1 aromatic rings. The highest BCUT2D eigenvalue weighted by molar-refractivity contribution is 6.35. The molecule has 0 aliphatic carbocycles. The normalized spacial score (nSPS) is 9.77. The SMILES string of the molecule is O=C(Cc1ccc(Cl)cc1Cl)NO. The first-order valence-corrected chi connectivity index (χ1v) is 4.26. The molecular weight excluding hydrogens is 213 g/mol. The molecule has 0 fully saturated rings. The second-order valence-corrected chi connectivity index (χ2v) is 3.29. The van der Waals surface area contributed by atoms with Gasteiger partial charge in [0, 0.05) is 10.0 Å². The first-order chi connectivity index (χ1) is 6.13. The Bertz CT molecular complexity index is 328. The summed E-state index contributed by atoms with van der Waals surface area (Å²) in [5.41, 5.74) is 2.15. The van der Waals surface area contributed by atoms with Gasteiger partial charge >= 0.3 is 0 Å². The van der Waals surface area contributed by atoms with Crippen LogP contribution in [0.4, 0.5) is 0 Å². The van der Waals surface area contributed by atoms with Gasteiger partial charge in [-0.2, -0.15) is 0 Å². The van der Waals surface area contributed by atoms with Gasteiger partial charge in [0.2, 0.25) is 5.91 Å². The van der Waals surface area contributed by atoms with Crippen molar-refractivity contribution in [2.45, 2.75) is 6.42 Å². The maximum absolute atomic E-state index is 10.8. The molecule has 0 aliphatic rings. The van der Waals surface area contributed by atoms with Gasteiger partial charge in [0.1, 0.15) is 0 Å². The summed E-state index contributed by atoms with van der Waals surface area (Å²) >= 11 is 11.4. The van der Waals surface area contributed by atoms with Crippen molar-refractivity contribution in [2.24, 2.45) is 0 Å². The maximum Gasteiger partial charge on any atom is 0.247 e. The van der Waals surface area contributed by atoms with E-state index in [1.54, 1.807) is 18.2 Å². The number of rotatable bonds is 2. The molecule has 0 heterocycles. The largest absolute Gasteiger partial charge is 0.289 e. The lowest BCUT2D eigenvalue weighted by Gasteiger charge is -2.02. The van der Waals surface area contributed by atoms with Crippen LogP contribution in [0.1, 0.15) is 5.56 Å². The van der Waals surface area contributed by atoms with Gasteiger partial charge in [-0.25, -0.2) is 5.48 Å². The number of carbonyl (C=O) groups excluding carboxylic acids is 1. The molecule has 0 radical (unpaired) electrons. The molecule has 3 nitrogen and oxygen atoms in total. The third-order valence-electron chi connectivity index (χ3n) is 1.49. The Morgan fingerprint density at radius 3 is 2.69 bits per heavy atom. The molecule has 13 heavy (non-hydrogen) atoms. The number of hydrogen-bond acceptors (Lipinski definition) is 2. The Morgan fingerprint density at radius 2 is 2.15 bits per heavy atom. The van der Waals surface area contributed by atoms with E-state index in [1.165, 1.54) is 5.48 Å². The lowest BCUT2D eigenvalue weighted by molar-refractivity contribution is -0.128. The molecule has 0 spiro atoms. The van der Waals surface area contributed by atoms with E-state index >= 15 is 0 Å². The summed E-state index contributed by atoms with van der Waals surface area (Å²) in [5, 5.41) is 9.20. The van der Waals surface area contributed by atoms with E-state index in [1.807, 2.05) is 0 Å². The van der Waals surface area contributed by atoms with Crippen LogP contribution < -0.4 is 5.48 Å². The van der Waals surface area contributed by atoms with Crippen molar-refractivity contribution >= 4 is 29.1 Å². The van der Waals surface area contributed by atoms with Gasteiger partial charge in [-0.1, -0.05) is 29.3 Å². The molecule has 0 atom stereocenters. The molecular formula is C8H7Cl2NO2. The van der Waals surface area contributed by atoms with Crippen molar-refractivity contribution in [2.75, 3.05) is 0 Å². The molecule has 0 unspecified atom stereocenters. The fraction of sp³-hybridized carbons (Fsp3) is 0.125. The monoisotopic (exact) mass is 219 g/mol. The molecule has 0 saturated heterocycles. The average molecular weight is 220 g/mol. The van der Waals surface area contributed by atoms with Gasteiger partial charge in [0.05, 0.1) is 6.42 Å². The highest BCUT2D eigenvalue weighted by Gasteiger charge is 2.05. The molecule has 1 aromatic carbocycles. The van der Waals surface area contributed by atoms with Crippen LogP contribution >= 0.6 is 23.2 Å². The Morgan fingerprint density at radius 1 is 1.46 bits per heavy atom. The zero-order valence-corrected chi connectivity index (χ0v) is 8.06. The summed E-state index contributed by atoms with van der Waals surface area (Å²) in [6.45, 7) is 0. The number of nitrogens with one attached hydrogen (secondary N) is 1. The second-order valence-electron chi connectivity index (χ2n) is 2.45. The van der Waals surface area contributed by atoms with Gasteiger partial charge in [-0.05, 0) is 17.7 Å². The predicted molar refractivity (Wildman–Crippen MR) is 50.1 cm³/mol. The van der Waals surface area contributed by atoms with Crippen molar-refractivity contribution in [1.82, 2.24) is 5.48 Å². The Hall–Kier alpha value is -0.770. The molecule has 1 rings (SSSR count). The predicted octanol–water partition coefficient (Wildman–Crippen LogP) is 2.04. The van der Waals surface area contributed by atoms with Crippen LogP contribution in [-0.2, 0) is 11.2 Å². The van der Waals surface area contributed by atoms with E-state index in [0.29, 0.717) is 15.6 Å². The second kappa shape index (κ2) is 4.46. The van der Waals surface area contributed by atoms with Crippen LogP contribution in [0.2, 0.25) is 10.0 Å². The van der Waals surface area contributed by atoms with E-state index in [4.69, 9.17) is 28.4 Å². The Kier molecular flexibility index (Phi) is 3.54. The van der Waals surface area contributed by atoms with E-state index in [-0.39, 0.29) is 6.42 Å². The Balaban J connectivity index is 2.83. The van der Waals surface area contributed by atoms with Crippen molar-refractivity contribution in [3.05, 3.63) is 33.8 Å². The van der Waals surface area contributed by atoms with Crippen LogP contribution in [0.25, 0.3) is 0 Å². The van der Waals surface area contributed by atoms with Crippen LogP contribution in [0.5, 0.6) is 0 Å². The summed E-state index contributed by atoms with van der Waals surface area (Å²) < 4.78 is 0. The maximum atomic E-state index is 10.8. The summed E-state index contributed by atoms with van der Waals surface area (Å²) in [6.07, 6.45) is 0.0342. The fourth-order valence-corrected chi connectivity index (χ4v) is 1.35. The van der Waals surface area contributed by atoms with E-state index in [0.717, 1.165) is 0 Å². The van der Waals surface area contributed by atoms with Crippen LogP contribution in [0, 0.1) is 0 Å². The first-order valence-electron chi connectivity index (χ1n) is 3.50. The minimum Gasteiger partial charge on any atom is -0.289 e. The highest BCUT2D eigenvalue weighted by Crippen LogP contribution is 2.21. The number of hydrogen-bond donors (Lipinski definition) is 2. The lowest BCUT2D eigenvalue weighted by atomic mass is 10.1. The standard InChI is InChI=1S/C8H7Cl2NO2/c9-6-2-1-5(7(10)4-6)3-8(12)11-13/h1-2,4,13H,3H2,(H,11,12). The van der Waals surface area contributed by atoms with Gasteiger partial charge in [0.15, 0.2) is 0 Å². The molecule has 0 aromatic heterocycles. The number of hydroxylamine groups is 1. The topological polar surface area (TPSA) is 49.3 Å². The van der Waals surface area contributed by atoms with Crippen molar-refractivity contribution < 1.29 is 10.0 Å². The van der Waals surface area contributed by atoms with Crippen molar-refractivity contribution in [1.29, 1.82) is 0 Å². The number of halogens is 2. The van der Waals surface area contributed by atoms with Crippen molar-refractivity contribution in [3.8, 4) is 0 Å². The summed E-state index contributed by atoms with van der Waals surface area (Å²) in [4.78, 5) is 10.8. The van der Waals surface area contributed by atoms with Crippen LogP contribution in [0.15, 0.2) is 18.2 Å². The van der Waals surface area contributed by atoms with Gasteiger partial charge in [-0.3, -0.25) is 10.0 Å². The van der Waals surface area contributed by atoms with Crippen LogP contribution in [0.3, 0.4) is 0 Å². The smallest absolute Gasteiger partial charge is 0.247 e. The van der Waals surface area contributed by atoms with Crippen LogP contribution in [-0.4, -0.2) is 11.1 Å². The summed E-state index contributed by atoms with van der Waals surface area (Å²) in [6, 6.07) is 4.82. The van der Waals surface area contributed by atoms with Gasteiger partial charge in [0.25, 0.3) is 0 Å². The molecule has 2 N–H and O–H groups in total. The zero-order valence-electron chi connectivity index (χ0n) is 6.55. The average Bonchev–Trinajstić information content (AvgIpc) is 2.09. The van der Waals surface area contributed by atoms with Crippen molar-refractivity contribution in [3.63, 3.8) is 0 Å².